The van der Waals surface area contributed by atoms with Gasteiger partial charge in [0.05, 0.1) is 5.39 Å². The summed E-state index contributed by atoms with van der Waals surface area (Å²) in [6, 6.07) is 13.7. The Morgan fingerprint density at radius 2 is 1.91 bits per heavy atom. The Morgan fingerprint density at radius 1 is 1.11 bits per heavy atom. The van der Waals surface area contributed by atoms with E-state index < -0.39 is 6.10 Å². The number of halogens is 2. The summed E-state index contributed by atoms with van der Waals surface area (Å²) in [6.45, 7) is 6.47. The van der Waals surface area contributed by atoms with E-state index in [2.05, 4.69) is 27.2 Å². The van der Waals surface area contributed by atoms with Crippen molar-refractivity contribution in [3.63, 3.8) is 0 Å². The minimum Gasteiger partial charge on any atom is -0.490 e. The molecule has 0 amide bonds. The van der Waals surface area contributed by atoms with Crippen molar-refractivity contribution in [3.8, 4) is 17.4 Å². The van der Waals surface area contributed by atoms with Gasteiger partial charge in [-0.05, 0) is 68.1 Å². The third-order valence-electron chi connectivity index (χ3n) is 6.40. The molecule has 0 bridgehead atoms. The fraction of sp³-hybridized carbons (Fsp3) is 0.385. The Morgan fingerprint density at radius 3 is 2.63 bits per heavy atom. The number of hydrogen-bond donors (Lipinski definition) is 1. The monoisotopic (exact) mass is 517 g/mol. The third-order valence-corrected chi connectivity index (χ3v) is 6.82. The normalized spacial score (nSPS) is 15.8. The summed E-state index contributed by atoms with van der Waals surface area (Å²) >= 11 is 6.17. The first-order valence-corrected chi connectivity index (χ1v) is 12.0. The molecule has 4 aromatic rings. The topological polar surface area (TPSA) is 84.8 Å². The number of β-amino-alcohol motifs (C(OH)–C–C–N with tert-alkyl or cyclic N) is 1. The van der Waals surface area contributed by atoms with Crippen molar-refractivity contribution in [2.24, 2.45) is 0 Å². The SMILES string of the molecule is Cc1nnc(-c2cc3c(OC[C@@H](O)CN4CCC(c5ccc(Cl)c(C)c5)CC4)cccc3o2)o1.Cl. The van der Waals surface area contributed by atoms with Crippen LogP contribution in [-0.4, -0.2) is 52.5 Å². The van der Waals surface area contributed by atoms with Crippen LogP contribution in [0.25, 0.3) is 22.6 Å². The molecule has 2 aromatic carbocycles. The molecular weight excluding hydrogens is 489 g/mol. The van der Waals surface area contributed by atoms with E-state index >= 15 is 0 Å². The highest BCUT2D eigenvalue weighted by Crippen LogP contribution is 2.33. The number of aryl methyl sites for hydroxylation is 2. The first-order chi connectivity index (χ1) is 16.5. The quantitative estimate of drug-likeness (QED) is 0.331. The van der Waals surface area contributed by atoms with Crippen molar-refractivity contribution in [1.29, 1.82) is 0 Å². The second kappa shape index (κ2) is 11.0. The summed E-state index contributed by atoms with van der Waals surface area (Å²) < 4.78 is 17.3. The third kappa shape index (κ3) is 5.81. The zero-order chi connectivity index (χ0) is 23.7. The Hall–Kier alpha value is -2.58. The van der Waals surface area contributed by atoms with Crippen LogP contribution in [0.2, 0.25) is 5.02 Å². The van der Waals surface area contributed by atoms with E-state index in [1.807, 2.05) is 37.3 Å². The second-order valence-corrected chi connectivity index (χ2v) is 9.36. The summed E-state index contributed by atoms with van der Waals surface area (Å²) in [7, 11) is 0. The molecule has 0 spiro atoms. The van der Waals surface area contributed by atoms with Crippen molar-refractivity contribution >= 4 is 35.0 Å². The number of hydrogen-bond acceptors (Lipinski definition) is 7. The van der Waals surface area contributed by atoms with E-state index in [0.717, 1.165) is 41.9 Å². The maximum atomic E-state index is 10.6. The number of likely N-dealkylation sites (tertiary alicyclic amines) is 1. The maximum absolute atomic E-state index is 10.6. The number of nitrogens with zero attached hydrogens (tertiary/aromatic N) is 3. The minimum absolute atomic E-state index is 0. The smallest absolute Gasteiger partial charge is 0.283 e. The van der Waals surface area contributed by atoms with Gasteiger partial charge in [0.25, 0.3) is 5.89 Å². The lowest BCUT2D eigenvalue weighted by Gasteiger charge is -2.33. The molecule has 3 heterocycles. The molecule has 2 aromatic heterocycles. The highest BCUT2D eigenvalue weighted by molar-refractivity contribution is 6.31. The van der Waals surface area contributed by atoms with Crippen molar-refractivity contribution in [2.45, 2.75) is 38.7 Å². The molecule has 1 aliphatic heterocycles. The van der Waals surface area contributed by atoms with Crippen molar-refractivity contribution in [3.05, 3.63) is 64.5 Å². The summed E-state index contributed by atoms with van der Waals surface area (Å²) in [5, 5.41) is 20.1. The fourth-order valence-corrected chi connectivity index (χ4v) is 4.69. The van der Waals surface area contributed by atoms with E-state index in [-0.39, 0.29) is 19.0 Å². The molecule has 1 N–H and O–H groups in total. The van der Waals surface area contributed by atoms with Crippen LogP contribution >= 0.6 is 24.0 Å². The van der Waals surface area contributed by atoms with E-state index in [9.17, 15) is 5.11 Å². The van der Waals surface area contributed by atoms with Crippen molar-refractivity contribution in [1.82, 2.24) is 15.1 Å². The van der Waals surface area contributed by atoms with Gasteiger partial charge in [-0.2, -0.15) is 0 Å². The molecule has 7 nitrogen and oxygen atoms in total. The van der Waals surface area contributed by atoms with E-state index in [1.165, 1.54) is 5.56 Å². The molecule has 5 rings (SSSR count). The number of aromatic nitrogens is 2. The Labute approximate surface area is 215 Å². The molecule has 0 unspecified atom stereocenters. The lowest BCUT2D eigenvalue weighted by atomic mass is 9.88. The number of rotatable bonds is 7. The Bertz CT molecular complexity index is 1280. The van der Waals surface area contributed by atoms with Crippen LogP contribution in [0, 0.1) is 13.8 Å². The van der Waals surface area contributed by atoms with Crippen molar-refractivity contribution < 1.29 is 18.7 Å². The number of piperidine rings is 1. The second-order valence-electron chi connectivity index (χ2n) is 8.95. The summed E-state index contributed by atoms with van der Waals surface area (Å²) in [4.78, 5) is 2.31. The molecule has 0 saturated carbocycles. The van der Waals surface area contributed by atoms with Gasteiger partial charge in [0, 0.05) is 24.6 Å². The average molecular weight is 518 g/mol. The highest BCUT2D eigenvalue weighted by atomic mass is 35.5. The van der Waals surface area contributed by atoms with Gasteiger partial charge < -0.3 is 23.6 Å². The fourth-order valence-electron chi connectivity index (χ4n) is 4.57. The van der Waals surface area contributed by atoms with Gasteiger partial charge in [-0.15, -0.1) is 22.6 Å². The predicted octanol–water partition coefficient (Wildman–Crippen LogP) is 5.79. The van der Waals surface area contributed by atoms with Gasteiger partial charge in [-0.1, -0.05) is 29.8 Å². The van der Waals surface area contributed by atoms with Crippen LogP contribution in [-0.2, 0) is 0 Å². The molecule has 1 saturated heterocycles. The standard InChI is InChI=1S/C26H28ClN3O4.ClH/c1-16-12-19(6-7-22(16)27)18-8-10-30(11-9-18)14-20(31)15-32-23-4-3-5-24-21(23)13-25(34-24)26-29-28-17(2)33-26;/h3-7,12-13,18,20,31H,8-11,14-15H2,1-2H3;1H/t20-;/m0./s1. The Balaban J connectivity index is 0.00000289. The van der Waals surface area contributed by atoms with Crippen LogP contribution in [0.5, 0.6) is 5.75 Å². The molecule has 1 atom stereocenters. The van der Waals surface area contributed by atoms with Gasteiger partial charge in [0.15, 0.2) is 5.76 Å². The van der Waals surface area contributed by atoms with Crippen LogP contribution in [0.3, 0.4) is 0 Å². The van der Waals surface area contributed by atoms with Gasteiger partial charge >= 0.3 is 0 Å². The first-order valence-electron chi connectivity index (χ1n) is 11.6. The van der Waals surface area contributed by atoms with Gasteiger partial charge in [-0.25, -0.2) is 0 Å². The average Bonchev–Trinajstić information content (AvgIpc) is 3.46. The number of aliphatic hydroxyl groups is 1. The number of ether oxygens (including phenoxy) is 1. The summed E-state index contributed by atoms with van der Waals surface area (Å²) in [5.74, 6) is 2.49. The zero-order valence-electron chi connectivity index (χ0n) is 19.7. The molecule has 0 radical (unpaired) electrons. The van der Waals surface area contributed by atoms with Crippen molar-refractivity contribution in [2.75, 3.05) is 26.2 Å². The molecule has 1 aliphatic rings. The molecule has 186 valence electrons. The van der Waals surface area contributed by atoms with Crippen LogP contribution in [0.15, 0.2) is 51.3 Å². The number of aliphatic hydroxyl groups excluding tert-OH is 1. The Kier molecular flexibility index (Phi) is 8.02. The van der Waals surface area contributed by atoms with E-state index in [1.54, 1.807) is 6.92 Å². The summed E-state index contributed by atoms with van der Waals surface area (Å²) in [6.07, 6.45) is 1.55. The number of furan rings is 1. The number of benzene rings is 2. The van der Waals surface area contributed by atoms with Crippen LogP contribution < -0.4 is 4.74 Å². The molecule has 9 heteroatoms. The largest absolute Gasteiger partial charge is 0.490 e. The molecule has 1 fully saturated rings. The lowest BCUT2D eigenvalue weighted by Crippen LogP contribution is -2.40. The highest BCUT2D eigenvalue weighted by Gasteiger charge is 2.23. The predicted molar refractivity (Wildman–Crippen MR) is 138 cm³/mol. The van der Waals surface area contributed by atoms with E-state index in [4.69, 9.17) is 25.2 Å². The van der Waals surface area contributed by atoms with Gasteiger partial charge in [0.2, 0.25) is 5.89 Å². The molecular formula is C26H29Cl2N3O4. The first kappa shape index (κ1) is 25.5. The van der Waals surface area contributed by atoms with Gasteiger partial charge in [0.1, 0.15) is 24.0 Å². The summed E-state index contributed by atoms with van der Waals surface area (Å²) in [5.41, 5.74) is 3.15. The maximum Gasteiger partial charge on any atom is 0.283 e. The number of fused-ring (bicyclic) bond motifs is 1. The zero-order valence-corrected chi connectivity index (χ0v) is 21.3. The van der Waals surface area contributed by atoms with E-state index in [0.29, 0.717) is 41.3 Å². The lowest BCUT2D eigenvalue weighted by molar-refractivity contribution is 0.0599. The van der Waals surface area contributed by atoms with Crippen LogP contribution in [0.1, 0.15) is 35.8 Å². The minimum atomic E-state index is -0.588. The van der Waals surface area contributed by atoms with Crippen LogP contribution in [0.4, 0.5) is 0 Å². The van der Waals surface area contributed by atoms with Gasteiger partial charge in [-0.3, -0.25) is 0 Å². The molecule has 0 aliphatic carbocycles. The molecule has 35 heavy (non-hydrogen) atoms.